The first-order valence-electron chi connectivity index (χ1n) is 10.1. The summed E-state index contributed by atoms with van der Waals surface area (Å²) in [4.78, 5) is 28.2. The lowest BCUT2D eigenvalue weighted by Crippen LogP contribution is -2.50. The molecule has 7 nitrogen and oxygen atoms in total. The number of rotatable bonds is 6. The normalized spacial score (nSPS) is 13.7. The minimum atomic E-state index is -0.329. The molecular weight excluding hydrogens is 384 g/mol. The average molecular weight is 412 g/mol. The van der Waals surface area contributed by atoms with Crippen LogP contribution in [0, 0.1) is 6.92 Å². The summed E-state index contributed by atoms with van der Waals surface area (Å²) < 4.78 is 16.4. The zero-order valence-corrected chi connectivity index (χ0v) is 17.7. The van der Waals surface area contributed by atoms with Gasteiger partial charge in [0, 0.05) is 37.3 Å². The van der Waals surface area contributed by atoms with Gasteiger partial charge in [0.05, 0.1) is 13.7 Å². The van der Waals surface area contributed by atoms with Crippen molar-refractivity contribution in [3.8, 4) is 11.5 Å². The summed E-state index contributed by atoms with van der Waals surface area (Å²) in [6.45, 7) is 6.29. The van der Waals surface area contributed by atoms with Gasteiger partial charge in [-0.05, 0) is 49.7 Å². The van der Waals surface area contributed by atoms with E-state index in [1.807, 2.05) is 37.3 Å². The van der Waals surface area contributed by atoms with Crippen molar-refractivity contribution in [2.45, 2.75) is 20.5 Å². The molecule has 1 heterocycles. The molecule has 0 saturated carbocycles. The third-order valence-corrected chi connectivity index (χ3v) is 5.00. The van der Waals surface area contributed by atoms with Gasteiger partial charge >= 0.3 is 6.09 Å². The van der Waals surface area contributed by atoms with Gasteiger partial charge in [0.25, 0.3) is 5.91 Å². The van der Waals surface area contributed by atoms with Crippen molar-refractivity contribution >= 4 is 12.0 Å². The Kier molecular flexibility index (Phi) is 7.17. The van der Waals surface area contributed by atoms with E-state index in [9.17, 15) is 9.59 Å². The van der Waals surface area contributed by atoms with Crippen molar-refractivity contribution in [2.75, 3.05) is 39.9 Å². The van der Waals surface area contributed by atoms with Crippen LogP contribution in [0.1, 0.15) is 28.4 Å². The summed E-state index contributed by atoms with van der Waals surface area (Å²) in [5.41, 5.74) is 2.49. The number of hydrogen-bond donors (Lipinski definition) is 0. The van der Waals surface area contributed by atoms with Crippen LogP contribution < -0.4 is 9.47 Å². The third kappa shape index (κ3) is 5.23. The van der Waals surface area contributed by atoms with E-state index in [0.29, 0.717) is 50.7 Å². The van der Waals surface area contributed by atoms with Crippen LogP contribution >= 0.6 is 0 Å². The van der Waals surface area contributed by atoms with Gasteiger partial charge in [0.1, 0.15) is 18.1 Å². The van der Waals surface area contributed by atoms with Crippen molar-refractivity contribution in [1.29, 1.82) is 0 Å². The van der Waals surface area contributed by atoms with Crippen molar-refractivity contribution in [1.82, 2.24) is 9.80 Å². The number of aryl methyl sites for hydroxylation is 1. The van der Waals surface area contributed by atoms with E-state index in [2.05, 4.69) is 0 Å². The molecule has 2 amide bonds. The molecule has 1 aliphatic heterocycles. The molecule has 2 aromatic carbocycles. The van der Waals surface area contributed by atoms with Crippen LogP contribution in [0.3, 0.4) is 0 Å². The molecule has 30 heavy (non-hydrogen) atoms. The summed E-state index contributed by atoms with van der Waals surface area (Å²) in [5.74, 6) is 1.37. The maximum Gasteiger partial charge on any atom is 0.409 e. The number of benzene rings is 2. The van der Waals surface area contributed by atoms with Gasteiger partial charge in [-0.3, -0.25) is 4.79 Å². The van der Waals surface area contributed by atoms with Gasteiger partial charge < -0.3 is 24.0 Å². The van der Waals surface area contributed by atoms with Gasteiger partial charge in [-0.15, -0.1) is 0 Å². The molecule has 1 aliphatic rings. The number of amides is 2. The van der Waals surface area contributed by atoms with Gasteiger partial charge in [-0.2, -0.15) is 0 Å². The Bertz CT molecular complexity index is 891. The first kappa shape index (κ1) is 21.5. The fourth-order valence-corrected chi connectivity index (χ4v) is 3.38. The van der Waals surface area contributed by atoms with E-state index in [0.717, 1.165) is 16.9 Å². The molecule has 3 rings (SSSR count). The lowest BCUT2D eigenvalue weighted by molar-refractivity contribution is 0.0570. The van der Waals surface area contributed by atoms with Crippen LogP contribution in [0.2, 0.25) is 0 Å². The second kappa shape index (κ2) is 10.0. The molecule has 0 unspecified atom stereocenters. The molecule has 1 saturated heterocycles. The number of carbonyl (C=O) groups is 2. The van der Waals surface area contributed by atoms with Crippen molar-refractivity contribution in [2.24, 2.45) is 0 Å². The van der Waals surface area contributed by atoms with Gasteiger partial charge in [-0.25, -0.2) is 4.79 Å². The molecule has 0 aliphatic carbocycles. The van der Waals surface area contributed by atoms with Crippen LogP contribution in [-0.4, -0.2) is 61.7 Å². The predicted molar refractivity (Wildman–Crippen MR) is 113 cm³/mol. The Hall–Kier alpha value is -3.22. The second-order valence-electron chi connectivity index (χ2n) is 7.11. The molecule has 0 radical (unpaired) electrons. The molecule has 1 fully saturated rings. The van der Waals surface area contributed by atoms with E-state index < -0.39 is 0 Å². The Morgan fingerprint density at radius 2 is 1.73 bits per heavy atom. The van der Waals surface area contributed by atoms with E-state index in [-0.39, 0.29) is 12.0 Å². The van der Waals surface area contributed by atoms with Crippen LogP contribution in [0.15, 0.2) is 42.5 Å². The van der Waals surface area contributed by atoms with E-state index in [1.165, 1.54) is 0 Å². The van der Waals surface area contributed by atoms with Crippen LogP contribution in [-0.2, 0) is 11.3 Å². The van der Waals surface area contributed by atoms with Crippen LogP contribution in [0.4, 0.5) is 4.79 Å². The number of piperazine rings is 1. The molecule has 0 aromatic heterocycles. The van der Waals surface area contributed by atoms with E-state index in [4.69, 9.17) is 14.2 Å². The summed E-state index contributed by atoms with van der Waals surface area (Å²) >= 11 is 0. The summed E-state index contributed by atoms with van der Waals surface area (Å²) in [6.07, 6.45) is -0.329. The number of methoxy groups -OCH3 is 1. The molecular formula is C23H28N2O5. The highest BCUT2D eigenvalue weighted by molar-refractivity contribution is 5.94. The maximum atomic E-state index is 13.0. The SMILES string of the molecule is CCOC(=O)N1CCN(C(=O)c2ccc(OC)c(COc3cccc(C)c3)c2)CC1. The second-order valence-corrected chi connectivity index (χ2v) is 7.11. The highest BCUT2D eigenvalue weighted by Crippen LogP contribution is 2.24. The minimum Gasteiger partial charge on any atom is -0.496 e. The minimum absolute atomic E-state index is 0.0713. The monoisotopic (exact) mass is 412 g/mol. The molecule has 2 aromatic rings. The molecule has 7 heteroatoms. The summed E-state index contributed by atoms with van der Waals surface area (Å²) in [6, 6.07) is 13.2. The smallest absolute Gasteiger partial charge is 0.409 e. The first-order chi connectivity index (χ1) is 14.5. The quantitative estimate of drug-likeness (QED) is 0.726. The van der Waals surface area contributed by atoms with Crippen LogP contribution in [0.25, 0.3) is 0 Å². The zero-order valence-electron chi connectivity index (χ0n) is 17.7. The number of hydrogen-bond acceptors (Lipinski definition) is 5. The van der Waals surface area contributed by atoms with Crippen molar-refractivity contribution < 1.29 is 23.8 Å². The zero-order chi connectivity index (χ0) is 21.5. The number of carbonyl (C=O) groups excluding carboxylic acids is 2. The van der Waals surface area contributed by atoms with Gasteiger partial charge in [0.2, 0.25) is 0 Å². The fraction of sp³-hybridized carbons (Fsp3) is 0.391. The topological polar surface area (TPSA) is 68.3 Å². The van der Waals surface area contributed by atoms with Gasteiger partial charge in [-0.1, -0.05) is 12.1 Å². The van der Waals surface area contributed by atoms with E-state index >= 15 is 0 Å². The van der Waals surface area contributed by atoms with Crippen molar-refractivity contribution in [3.63, 3.8) is 0 Å². The largest absolute Gasteiger partial charge is 0.496 e. The standard InChI is InChI=1S/C23H28N2O5/c1-4-29-23(27)25-12-10-24(11-13-25)22(26)18-8-9-21(28-3)19(15-18)16-30-20-7-5-6-17(2)14-20/h5-9,14-15H,4,10-13,16H2,1-3H3. The Labute approximate surface area is 177 Å². The lowest BCUT2D eigenvalue weighted by Gasteiger charge is -2.34. The van der Waals surface area contributed by atoms with E-state index in [1.54, 1.807) is 36.0 Å². The maximum absolute atomic E-state index is 13.0. The highest BCUT2D eigenvalue weighted by Gasteiger charge is 2.26. The number of nitrogens with zero attached hydrogens (tertiary/aromatic N) is 2. The summed E-state index contributed by atoms with van der Waals surface area (Å²) in [7, 11) is 1.60. The third-order valence-electron chi connectivity index (χ3n) is 5.00. The molecule has 0 N–H and O–H groups in total. The average Bonchev–Trinajstić information content (AvgIpc) is 2.77. The molecule has 0 spiro atoms. The van der Waals surface area contributed by atoms with Crippen molar-refractivity contribution in [3.05, 3.63) is 59.2 Å². The molecule has 160 valence electrons. The lowest BCUT2D eigenvalue weighted by atomic mass is 10.1. The first-order valence-corrected chi connectivity index (χ1v) is 10.1. The Morgan fingerprint density at radius 3 is 2.40 bits per heavy atom. The Morgan fingerprint density at radius 1 is 1.00 bits per heavy atom. The predicted octanol–water partition coefficient (Wildman–Crippen LogP) is 3.50. The van der Waals surface area contributed by atoms with Gasteiger partial charge in [0.15, 0.2) is 0 Å². The van der Waals surface area contributed by atoms with Crippen LogP contribution in [0.5, 0.6) is 11.5 Å². The number of ether oxygens (including phenoxy) is 3. The summed E-state index contributed by atoms with van der Waals surface area (Å²) in [5, 5.41) is 0. The highest BCUT2D eigenvalue weighted by atomic mass is 16.6. The Balaban J connectivity index is 1.66. The fourth-order valence-electron chi connectivity index (χ4n) is 3.38. The molecule has 0 bridgehead atoms. The molecule has 0 atom stereocenters.